The van der Waals surface area contributed by atoms with Crippen LogP contribution < -0.4 is 5.32 Å². The first-order valence-electron chi connectivity index (χ1n) is 5.58. The van der Waals surface area contributed by atoms with Crippen LogP contribution in [0.3, 0.4) is 0 Å². The Kier molecular flexibility index (Phi) is 5.88. The van der Waals surface area contributed by atoms with Gasteiger partial charge in [-0.15, -0.1) is 11.3 Å². The fraction of sp³-hybridized carbons (Fsp3) is 0.667. The molecule has 0 aromatic carbocycles. The number of unbranched alkanes of at least 4 members (excludes halogenated alkanes) is 2. The van der Waals surface area contributed by atoms with E-state index >= 15 is 0 Å². The largest absolute Gasteiger partial charge is 0.314 e. The zero-order chi connectivity index (χ0) is 10.2. The SMILES string of the molecule is CCCCCNC(C)Cc1cccs1. The number of thiophene rings is 1. The molecule has 0 aliphatic rings. The molecule has 1 aromatic rings. The van der Waals surface area contributed by atoms with E-state index in [1.165, 1.54) is 37.1 Å². The second kappa shape index (κ2) is 7.02. The van der Waals surface area contributed by atoms with Gasteiger partial charge in [-0.25, -0.2) is 0 Å². The molecule has 0 saturated heterocycles. The molecule has 0 fully saturated rings. The van der Waals surface area contributed by atoms with Crippen molar-refractivity contribution >= 4 is 11.3 Å². The molecule has 0 radical (unpaired) electrons. The van der Waals surface area contributed by atoms with Gasteiger partial charge in [0.25, 0.3) is 0 Å². The van der Waals surface area contributed by atoms with Crippen LogP contribution in [0.25, 0.3) is 0 Å². The fourth-order valence-electron chi connectivity index (χ4n) is 1.53. The predicted molar refractivity (Wildman–Crippen MR) is 65.0 cm³/mol. The zero-order valence-corrected chi connectivity index (χ0v) is 10.1. The van der Waals surface area contributed by atoms with Gasteiger partial charge in [-0.05, 0) is 37.8 Å². The van der Waals surface area contributed by atoms with E-state index in [2.05, 4.69) is 36.7 Å². The maximum Gasteiger partial charge on any atom is 0.00870 e. The predicted octanol–water partition coefficient (Wildman–Crippen LogP) is 3.46. The van der Waals surface area contributed by atoms with Crippen LogP contribution in [0.4, 0.5) is 0 Å². The van der Waals surface area contributed by atoms with Crippen LogP contribution in [-0.4, -0.2) is 12.6 Å². The number of nitrogens with one attached hydrogen (secondary N) is 1. The minimum Gasteiger partial charge on any atom is -0.314 e. The van der Waals surface area contributed by atoms with Crippen molar-refractivity contribution in [2.45, 2.75) is 45.6 Å². The van der Waals surface area contributed by atoms with E-state index in [0.29, 0.717) is 6.04 Å². The summed E-state index contributed by atoms with van der Waals surface area (Å²) >= 11 is 1.85. The Balaban J connectivity index is 2.07. The minimum atomic E-state index is 0.616. The first-order chi connectivity index (χ1) is 6.83. The van der Waals surface area contributed by atoms with E-state index < -0.39 is 0 Å². The van der Waals surface area contributed by atoms with Crippen LogP contribution in [0.1, 0.15) is 38.0 Å². The van der Waals surface area contributed by atoms with Crippen molar-refractivity contribution in [2.75, 3.05) is 6.54 Å². The molecular weight excluding hydrogens is 190 g/mol. The van der Waals surface area contributed by atoms with Crippen LogP contribution in [0, 0.1) is 0 Å². The maximum absolute atomic E-state index is 3.56. The molecule has 1 N–H and O–H groups in total. The van der Waals surface area contributed by atoms with E-state index in [0.717, 1.165) is 0 Å². The Hall–Kier alpha value is -0.340. The summed E-state index contributed by atoms with van der Waals surface area (Å²) in [5.41, 5.74) is 0. The summed E-state index contributed by atoms with van der Waals surface area (Å²) in [6.07, 6.45) is 5.13. The third-order valence-corrected chi connectivity index (χ3v) is 3.26. The van der Waals surface area contributed by atoms with Crippen LogP contribution in [0.2, 0.25) is 0 Å². The summed E-state index contributed by atoms with van der Waals surface area (Å²) in [6.45, 7) is 5.68. The average Bonchev–Trinajstić information content (AvgIpc) is 2.65. The van der Waals surface area contributed by atoms with Crippen molar-refractivity contribution in [1.29, 1.82) is 0 Å². The highest BCUT2D eigenvalue weighted by atomic mass is 32.1. The van der Waals surface area contributed by atoms with Gasteiger partial charge in [0.15, 0.2) is 0 Å². The molecule has 1 rings (SSSR count). The van der Waals surface area contributed by atoms with Gasteiger partial charge in [0.2, 0.25) is 0 Å². The Labute approximate surface area is 91.5 Å². The van der Waals surface area contributed by atoms with Gasteiger partial charge in [-0.2, -0.15) is 0 Å². The molecule has 14 heavy (non-hydrogen) atoms. The van der Waals surface area contributed by atoms with Crippen molar-refractivity contribution in [3.63, 3.8) is 0 Å². The van der Waals surface area contributed by atoms with Crippen molar-refractivity contribution in [3.8, 4) is 0 Å². The van der Waals surface area contributed by atoms with Gasteiger partial charge >= 0.3 is 0 Å². The van der Waals surface area contributed by atoms with Crippen LogP contribution in [0.15, 0.2) is 17.5 Å². The molecule has 1 unspecified atom stereocenters. The van der Waals surface area contributed by atoms with Gasteiger partial charge in [-0.3, -0.25) is 0 Å². The van der Waals surface area contributed by atoms with Crippen LogP contribution in [0.5, 0.6) is 0 Å². The Bertz CT molecular complexity index is 218. The molecule has 0 bridgehead atoms. The summed E-state index contributed by atoms with van der Waals surface area (Å²) in [7, 11) is 0. The lowest BCUT2D eigenvalue weighted by atomic mass is 10.2. The molecule has 2 heteroatoms. The third-order valence-electron chi connectivity index (χ3n) is 2.36. The Morgan fingerprint density at radius 2 is 2.29 bits per heavy atom. The average molecular weight is 211 g/mol. The highest BCUT2D eigenvalue weighted by Crippen LogP contribution is 2.10. The van der Waals surface area contributed by atoms with E-state index in [1.807, 2.05) is 11.3 Å². The monoisotopic (exact) mass is 211 g/mol. The molecule has 80 valence electrons. The molecule has 0 aliphatic carbocycles. The number of hydrogen-bond donors (Lipinski definition) is 1. The highest BCUT2D eigenvalue weighted by Gasteiger charge is 2.02. The van der Waals surface area contributed by atoms with Crippen LogP contribution in [-0.2, 0) is 6.42 Å². The molecule has 1 heterocycles. The van der Waals surface area contributed by atoms with Crippen molar-refractivity contribution < 1.29 is 0 Å². The smallest absolute Gasteiger partial charge is 0.00870 e. The molecule has 0 amide bonds. The van der Waals surface area contributed by atoms with E-state index in [1.54, 1.807) is 0 Å². The normalized spacial score (nSPS) is 13.0. The van der Waals surface area contributed by atoms with Crippen LogP contribution >= 0.6 is 11.3 Å². The molecule has 0 aliphatic heterocycles. The van der Waals surface area contributed by atoms with Gasteiger partial charge in [0.05, 0.1) is 0 Å². The second-order valence-corrected chi connectivity index (χ2v) is 4.88. The van der Waals surface area contributed by atoms with Crippen molar-refractivity contribution in [3.05, 3.63) is 22.4 Å². The second-order valence-electron chi connectivity index (χ2n) is 3.85. The first-order valence-corrected chi connectivity index (χ1v) is 6.46. The molecule has 1 nitrogen and oxygen atoms in total. The van der Waals surface area contributed by atoms with E-state index in [-0.39, 0.29) is 0 Å². The quantitative estimate of drug-likeness (QED) is 0.681. The molecule has 1 aromatic heterocycles. The Morgan fingerprint density at radius 3 is 2.93 bits per heavy atom. The third kappa shape index (κ3) is 4.77. The summed E-state index contributed by atoms with van der Waals surface area (Å²) < 4.78 is 0. The number of rotatable bonds is 7. The van der Waals surface area contributed by atoms with E-state index in [4.69, 9.17) is 0 Å². The van der Waals surface area contributed by atoms with Crippen molar-refractivity contribution in [2.24, 2.45) is 0 Å². The van der Waals surface area contributed by atoms with Gasteiger partial charge < -0.3 is 5.32 Å². The minimum absolute atomic E-state index is 0.616. The Morgan fingerprint density at radius 1 is 1.43 bits per heavy atom. The van der Waals surface area contributed by atoms with Gasteiger partial charge in [-0.1, -0.05) is 25.8 Å². The summed E-state index contributed by atoms with van der Waals surface area (Å²) in [5, 5.41) is 5.71. The van der Waals surface area contributed by atoms with Gasteiger partial charge in [0, 0.05) is 10.9 Å². The lowest BCUT2D eigenvalue weighted by molar-refractivity contribution is 0.525. The van der Waals surface area contributed by atoms with Crippen molar-refractivity contribution in [1.82, 2.24) is 5.32 Å². The molecular formula is C12H21NS. The maximum atomic E-state index is 3.56. The fourth-order valence-corrected chi connectivity index (χ4v) is 2.36. The summed E-state index contributed by atoms with van der Waals surface area (Å²) in [6, 6.07) is 4.96. The van der Waals surface area contributed by atoms with Gasteiger partial charge in [0.1, 0.15) is 0 Å². The summed E-state index contributed by atoms with van der Waals surface area (Å²) in [4.78, 5) is 1.49. The molecule has 0 spiro atoms. The van der Waals surface area contributed by atoms with E-state index in [9.17, 15) is 0 Å². The molecule has 1 atom stereocenters. The lowest BCUT2D eigenvalue weighted by Gasteiger charge is -2.12. The number of hydrogen-bond acceptors (Lipinski definition) is 2. The highest BCUT2D eigenvalue weighted by molar-refractivity contribution is 7.09. The zero-order valence-electron chi connectivity index (χ0n) is 9.25. The lowest BCUT2D eigenvalue weighted by Crippen LogP contribution is -2.28. The summed E-state index contributed by atoms with van der Waals surface area (Å²) in [5.74, 6) is 0. The topological polar surface area (TPSA) is 12.0 Å². The first kappa shape index (κ1) is 11.7. The molecule has 0 saturated carbocycles. The standard InChI is InChI=1S/C12H21NS/c1-3-4-5-8-13-11(2)10-12-7-6-9-14-12/h6-7,9,11,13H,3-5,8,10H2,1-2H3.